The molecule has 0 aliphatic carbocycles. The van der Waals surface area contributed by atoms with Crippen LogP contribution in [0.15, 0.2) is 116 Å². The van der Waals surface area contributed by atoms with E-state index in [1.165, 1.54) is 59.5 Å². The van der Waals surface area contributed by atoms with Gasteiger partial charge in [-0.05, 0) is 120 Å². The van der Waals surface area contributed by atoms with E-state index in [9.17, 15) is 87.7 Å². The summed E-state index contributed by atoms with van der Waals surface area (Å²) in [5.41, 5.74) is -1.44. The summed E-state index contributed by atoms with van der Waals surface area (Å²) >= 11 is 0. The van der Waals surface area contributed by atoms with Crippen LogP contribution in [0, 0.1) is 5.82 Å². The Bertz CT molecular complexity index is 4260. The first kappa shape index (κ1) is 71.5. The van der Waals surface area contributed by atoms with E-state index in [0.717, 1.165) is 24.3 Å². The predicted molar refractivity (Wildman–Crippen MR) is 279 cm³/mol. The molecular weight excluding hydrogens is 1230 g/mol. The van der Waals surface area contributed by atoms with Gasteiger partial charge in [-0.1, -0.05) is 26.0 Å². The number of ether oxygens (including phenoxy) is 1. The number of anilines is 1. The van der Waals surface area contributed by atoms with Crippen molar-refractivity contribution in [3.63, 3.8) is 0 Å². The van der Waals surface area contributed by atoms with E-state index in [2.05, 4.69) is 0 Å². The number of carbonyl (C=O) groups is 1. The van der Waals surface area contributed by atoms with Crippen molar-refractivity contribution in [1.29, 1.82) is 0 Å². The molecule has 0 aromatic heterocycles. The van der Waals surface area contributed by atoms with Crippen molar-refractivity contribution in [2.75, 3.05) is 36.1 Å². The smallest absolute Gasteiger partial charge is 0.748 e. The number of nitrogens with zero attached hydrogens (tertiary/aromatic N) is 2. The molecule has 0 amide bonds. The van der Waals surface area contributed by atoms with E-state index >= 15 is 4.39 Å². The summed E-state index contributed by atoms with van der Waals surface area (Å²) in [6.45, 7) is 5.71. The van der Waals surface area contributed by atoms with Gasteiger partial charge in [0.05, 0.1) is 46.9 Å². The summed E-state index contributed by atoms with van der Waals surface area (Å²) in [5, 5.41) is 8.42. The molecule has 23 nitrogen and oxygen atoms in total. The average molecular weight is 1280 g/mol. The normalized spacial score (nSPS) is 16.0. The number of allylic oxidation sites excluding steroid dienone is 6. The standard InChI is InChI=1S/C49H51FN2O21S6.3Na/c1-48(2)43(51(17-6-20-74(55,56)57)39-13-11-35-37(46(39)48)25-33(76(61,62)63)27-41(35)78(67,68)69)15-9-29(30-22-31(50)24-32(23-30)73-19-5-8-45(53)54)10-16-44-49(3,4)47-38-26-34(77(64,65)66)28-42(79(70,71)72)36(38)12-14-40(47)52(44)18-7-21-75(58,59)60;;;/h9-16,22-28H,5-8,17-21H2,1-4H3,(H6-,53,54,55,56,57,58,59,60,61,62,63,64,65,66,67,68,69,70,71,72);;;/q;3*+1/p-3. The van der Waals surface area contributed by atoms with Crippen molar-refractivity contribution in [3.8, 4) is 5.75 Å². The van der Waals surface area contributed by atoms with Gasteiger partial charge >= 0.3 is 94.6 Å². The molecule has 0 unspecified atom stereocenters. The topological polar surface area (TPSA) is 390 Å². The molecule has 0 saturated heterocycles. The van der Waals surface area contributed by atoms with Gasteiger partial charge in [-0.2, -0.15) is 21.4 Å². The third kappa shape index (κ3) is 16.1. The Hall–Kier alpha value is -3.03. The number of hydrogen-bond acceptors (Lipinski definition) is 19. The molecule has 0 bridgehead atoms. The maximum Gasteiger partial charge on any atom is 1.00 e. The summed E-state index contributed by atoms with van der Waals surface area (Å²) in [5.74, 6) is -3.83. The van der Waals surface area contributed by atoms with Crippen LogP contribution in [0.3, 0.4) is 0 Å². The van der Waals surface area contributed by atoms with Crippen LogP contribution in [0.5, 0.6) is 5.75 Å². The van der Waals surface area contributed by atoms with Crippen LogP contribution < -0.4 is 98.3 Å². The summed E-state index contributed by atoms with van der Waals surface area (Å²) in [6.07, 6.45) is 4.89. The Morgan fingerprint density at radius 2 is 1.24 bits per heavy atom. The second kappa shape index (κ2) is 26.1. The molecule has 0 radical (unpaired) electrons. The Kier molecular flexibility index (Phi) is 22.8. The Labute approximate surface area is 539 Å². The first-order valence-electron chi connectivity index (χ1n) is 23.3. The van der Waals surface area contributed by atoms with Gasteiger partial charge in [0.15, 0.2) is 5.71 Å². The Morgan fingerprint density at radius 3 is 1.82 bits per heavy atom. The zero-order chi connectivity index (χ0) is 58.8. The molecule has 426 valence electrons. The molecule has 0 saturated carbocycles. The average Bonchev–Trinajstić information content (AvgIpc) is 3.69. The molecule has 5 aromatic rings. The predicted octanol–water partition coefficient (Wildman–Crippen LogP) is -3.74. The molecule has 5 aromatic carbocycles. The van der Waals surface area contributed by atoms with E-state index in [1.54, 1.807) is 32.3 Å². The molecule has 0 fully saturated rings. The van der Waals surface area contributed by atoms with Gasteiger partial charge in [0.2, 0.25) is 5.69 Å². The molecule has 82 heavy (non-hydrogen) atoms. The number of carboxylic acids is 1. The number of aliphatic carboxylic acids is 1. The van der Waals surface area contributed by atoms with Gasteiger partial charge in [0.25, 0.3) is 20.2 Å². The number of rotatable bonds is 21. The van der Waals surface area contributed by atoms with E-state index in [0.29, 0.717) is 12.1 Å². The van der Waals surface area contributed by atoms with Gasteiger partial charge < -0.3 is 33.0 Å². The minimum Gasteiger partial charge on any atom is -0.748 e. The largest absolute Gasteiger partial charge is 1.00 e. The van der Waals surface area contributed by atoms with Gasteiger partial charge in [-0.3, -0.25) is 13.9 Å². The van der Waals surface area contributed by atoms with E-state index in [1.807, 2.05) is 0 Å². The van der Waals surface area contributed by atoms with Crippen LogP contribution in [0.4, 0.5) is 15.8 Å². The summed E-state index contributed by atoms with van der Waals surface area (Å²) in [6, 6.07) is 11.5. The van der Waals surface area contributed by atoms with Crippen molar-refractivity contribution < 1.29 is 190 Å². The van der Waals surface area contributed by atoms with Crippen LogP contribution in [-0.2, 0) is 76.3 Å². The van der Waals surface area contributed by atoms with Crippen molar-refractivity contribution in [2.24, 2.45) is 0 Å². The second-order valence-electron chi connectivity index (χ2n) is 19.5. The van der Waals surface area contributed by atoms with Crippen LogP contribution >= 0.6 is 0 Å². The molecule has 3 N–H and O–H groups in total. The van der Waals surface area contributed by atoms with Crippen LogP contribution in [-0.4, -0.2) is 130 Å². The number of benzene rings is 5. The van der Waals surface area contributed by atoms with Gasteiger partial charge in [-0.15, -0.1) is 0 Å². The van der Waals surface area contributed by atoms with Gasteiger partial charge in [0.1, 0.15) is 43.2 Å². The molecule has 0 spiro atoms. The fourth-order valence-corrected chi connectivity index (χ4v) is 13.7. The molecular formula is C49H48FN2Na3O21S6. The van der Waals surface area contributed by atoms with Gasteiger partial charge in [0, 0.05) is 76.8 Å². The Balaban J connectivity index is 0.00000482. The fourth-order valence-electron chi connectivity index (χ4n) is 10.1. The van der Waals surface area contributed by atoms with Crippen molar-refractivity contribution in [1.82, 2.24) is 0 Å². The number of halogens is 1. The summed E-state index contributed by atoms with van der Waals surface area (Å²) < 4.78 is 240. The first-order chi connectivity index (χ1) is 36.2. The molecule has 33 heteroatoms. The van der Waals surface area contributed by atoms with Crippen LogP contribution in [0.25, 0.3) is 27.1 Å². The summed E-state index contributed by atoms with van der Waals surface area (Å²) in [7, 11) is -30.8. The zero-order valence-corrected chi connectivity index (χ0v) is 55.8. The van der Waals surface area contributed by atoms with E-state index < -0.39 is 114 Å². The van der Waals surface area contributed by atoms with Crippen molar-refractivity contribution in [2.45, 2.75) is 83.8 Å². The van der Waals surface area contributed by atoms with Crippen LogP contribution in [0.1, 0.15) is 70.1 Å². The minimum absolute atomic E-state index is 0. The van der Waals surface area contributed by atoms with Crippen molar-refractivity contribution >= 4 is 111 Å². The van der Waals surface area contributed by atoms with E-state index in [-0.39, 0.29) is 206 Å². The Morgan fingerprint density at radius 1 is 0.671 bits per heavy atom. The second-order valence-corrected chi connectivity index (χ2v) is 28.1. The van der Waals surface area contributed by atoms with Gasteiger partial charge in [-0.25, -0.2) is 38.1 Å². The molecule has 7 rings (SSSR count). The number of hydrogen-bond donors (Lipinski definition) is 3. The third-order valence-corrected chi connectivity index (χ3v) is 18.3. The van der Waals surface area contributed by atoms with Crippen LogP contribution in [0.2, 0.25) is 0 Å². The first-order valence-corrected chi connectivity index (χ1v) is 32.2. The number of carboxylic acid groups (broad SMARTS) is 1. The molecule has 2 heterocycles. The number of fused-ring (bicyclic) bond motifs is 6. The maximum atomic E-state index is 15.8. The van der Waals surface area contributed by atoms with Crippen molar-refractivity contribution in [3.05, 3.63) is 119 Å². The molecule has 0 atom stereocenters. The summed E-state index contributed by atoms with van der Waals surface area (Å²) in [4.78, 5) is 8.84. The minimum atomic E-state index is -5.46. The van der Waals surface area contributed by atoms with E-state index in [4.69, 9.17) is 4.74 Å². The maximum absolute atomic E-state index is 15.8. The monoisotopic (exact) mass is 1280 g/mol. The zero-order valence-electron chi connectivity index (χ0n) is 44.9. The molecule has 2 aliphatic rings. The quantitative estimate of drug-likeness (QED) is 0.0209. The third-order valence-electron chi connectivity index (χ3n) is 13.3. The SMILES string of the molecule is CC1(C)C(/C=C/C(=C/C=C2/N(CCCS(=O)(=O)[O-])c3ccc4c(S(=O)(=O)[O-])cc(S(=O)(=O)[O-])cc4c3C2(C)C)c2cc(F)cc(OCCCC(=O)O)c2)=[N+](CCCS(=O)(=O)[O-])c2ccc3c(S(=O)(=O)O)cc(S(=O)(=O)O)cc3c21.[Na+].[Na+].[Na+]. The fraction of sp³-hybridized carbons (Fsp3) is 0.306. The molecule has 2 aliphatic heterocycles.